The minimum atomic E-state index is -4.75. The van der Waals surface area contributed by atoms with E-state index in [-0.39, 0.29) is 18.8 Å². The van der Waals surface area contributed by atoms with Crippen molar-refractivity contribution in [1.29, 1.82) is 0 Å². The first kappa shape index (κ1) is 33.6. The van der Waals surface area contributed by atoms with Gasteiger partial charge in [0, 0.05) is 0 Å². The topological polar surface area (TPSA) is 107 Å². The van der Waals surface area contributed by atoms with E-state index in [1.807, 2.05) is 12.2 Å². The van der Waals surface area contributed by atoms with E-state index in [0.29, 0.717) is 12.8 Å². The predicted octanol–water partition coefficient (Wildman–Crippen LogP) is 7.86. The van der Waals surface area contributed by atoms with E-state index in [4.69, 9.17) is 9.47 Å². The Balaban J connectivity index is 2.55. The Morgan fingerprint density at radius 2 is 1.11 bits per heavy atom. The normalized spacial score (nSPS) is 11.2. The second-order valence-corrected chi connectivity index (χ2v) is 10.9. The van der Waals surface area contributed by atoms with Gasteiger partial charge in [0.05, 0.1) is 24.3 Å². The molecule has 214 valence electrons. The van der Waals surface area contributed by atoms with Crippen molar-refractivity contribution < 1.29 is 32.0 Å². The molecule has 7 nitrogen and oxygen atoms in total. The third kappa shape index (κ3) is 14.5. The van der Waals surface area contributed by atoms with Crippen molar-refractivity contribution in [3.05, 3.63) is 54.6 Å². The Morgan fingerprint density at radius 3 is 1.55 bits per heavy atom. The van der Waals surface area contributed by atoms with Crippen molar-refractivity contribution >= 4 is 22.1 Å². The fourth-order valence-corrected chi connectivity index (χ4v) is 4.86. The van der Waals surface area contributed by atoms with Crippen LogP contribution in [0.5, 0.6) is 0 Å². The molecule has 0 spiro atoms. The van der Waals surface area contributed by atoms with Crippen molar-refractivity contribution in [2.75, 3.05) is 13.2 Å². The van der Waals surface area contributed by atoms with Crippen LogP contribution in [0, 0.1) is 0 Å². The first-order chi connectivity index (χ1) is 18.3. The maximum Gasteiger partial charge on any atom is 0.340 e. The number of carbonyl (C=O) groups is 2. The van der Waals surface area contributed by atoms with Crippen molar-refractivity contribution in [2.45, 2.75) is 108 Å². The Labute approximate surface area is 229 Å². The molecule has 1 aromatic carbocycles. The number of benzene rings is 1. The molecule has 0 saturated heterocycles. The van der Waals surface area contributed by atoms with Crippen molar-refractivity contribution in [3.8, 4) is 0 Å². The third-order valence-corrected chi connectivity index (χ3v) is 7.20. The number of hydrogen-bond donors (Lipinski definition) is 1. The van der Waals surface area contributed by atoms with Gasteiger partial charge >= 0.3 is 11.9 Å². The molecule has 1 N–H and O–H groups in total. The lowest BCUT2D eigenvalue weighted by Crippen LogP contribution is -2.19. The number of allylic oxidation sites excluding steroid dienone is 2. The van der Waals surface area contributed by atoms with Gasteiger partial charge in [-0.3, -0.25) is 4.55 Å². The lowest BCUT2D eigenvalue weighted by molar-refractivity contribution is 0.0446. The van der Waals surface area contributed by atoms with Gasteiger partial charge in [-0.25, -0.2) is 9.59 Å². The second-order valence-electron chi connectivity index (χ2n) is 9.53. The quantitative estimate of drug-likeness (QED) is 0.0639. The van der Waals surface area contributed by atoms with Crippen LogP contribution in [-0.4, -0.2) is 38.1 Å². The Kier molecular flexibility index (Phi) is 18.1. The minimum Gasteiger partial charge on any atom is -0.462 e. The SMILES string of the molecule is C=CCCCCCCCCCOC(=O)c1cccc(S(=O)(=O)O)c1C(=O)OCCCCCCCCCC=C. The zero-order valence-corrected chi connectivity index (χ0v) is 23.7. The van der Waals surface area contributed by atoms with Crippen LogP contribution in [0.2, 0.25) is 0 Å². The number of rotatable bonds is 23. The molecule has 0 radical (unpaired) electrons. The van der Waals surface area contributed by atoms with E-state index < -0.39 is 32.5 Å². The van der Waals surface area contributed by atoms with Crippen LogP contribution in [0.15, 0.2) is 48.4 Å². The summed E-state index contributed by atoms with van der Waals surface area (Å²) in [5.41, 5.74) is -0.714. The summed E-state index contributed by atoms with van der Waals surface area (Å²) >= 11 is 0. The number of hydrogen-bond acceptors (Lipinski definition) is 6. The van der Waals surface area contributed by atoms with Gasteiger partial charge in [0.2, 0.25) is 0 Å². The lowest BCUT2D eigenvalue weighted by atomic mass is 10.1. The average molecular weight is 551 g/mol. The summed E-state index contributed by atoms with van der Waals surface area (Å²) in [6.07, 6.45) is 20.3. The molecule has 1 aromatic rings. The molecular formula is C30H46O7S. The summed E-state index contributed by atoms with van der Waals surface area (Å²) in [6, 6.07) is 3.67. The Bertz CT molecular complexity index is 953. The minimum absolute atomic E-state index is 0.0944. The number of carbonyl (C=O) groups excluding carboxylic acids is 2. The van der Waals surface area contributed by atoms with Gasteiger partial charge in [-0.1, -0.05) is 82.4 Å². The summed E-state index contributed by atoms with van der Waals surface area (Å²) in [6.45, 7) is 7.69. The molecule has 0 aliphatic rings. The summed E-state index contributed by atoms with van der Waals surface area (Å²) in [4.78, 5) is 24.8. The fourth-order valence-electron chi connectivity index (χ4n) is 4.16. The molecule has 0 unspecified atom stereocenters. The van der Waals surface area contributed by atoms with Crippen LogP contribution in [0.1, 0.15) is 123 Å². The van der Waals surface area contributed by atoms with E-state index in [9.17, 15) is 22.6 Å². The van der Waals surface area contributed by atoms with E-state index in [1.165, 1.54) is 25.0 Å². The van der Waals surface area contributed by atoms with Crippen LogP contribution in [0.3, 0.4) is 0 Å². The Hall–Kier alpha value is -2.45. The summed E-state index contributed by atoms with van der Waals surface area (Å²) in [5.74, 6) is -1.78. The van der Waals surface area contributed by atoms with Crippen molar-refractivity contribution in [2.24, 2.45) is 0 Å². The van der Waals surface area contributed by atoms with Crippen LogP contribution in [-0.2, 0) is 19.6 Å². The standard InChI is InChI=1S/C30H46O7S/c1-3-5-7-9-11-13-15-17-19-24-36-29(31)26-22-21-23-27(38(33,34)35)28(26)30(32)37-25-20-18-16-14-12-10-8-6-4-2/h3-4,21-23H,1-2,5-20,24-25H2,(H,33,34,35). The molecule has 0 amide bonds. The number of ether oxygens (including phenoxy) is 2. The molecule has 0 heterocycles. The first-order valence-corrected chi connectivity index (χ1v) is 15.4. The predicted molar refractivity (Wildman–Crippen MR) is 151 cm³/mol. The largest absolute Gasteiger partial charge is 0.462 e. The van der Waals surface area contributed by atoms with Gasteiger partial charge in [0.15, 0.2) is 0 Å². The van der Waals surface area contributed by atoms with Crippen LogP contribution < -0.4 is 0 Å². The summed E-state index contributed by atoms with van der Waals surface area (Å²) in [7, 11) is -4.75. The van der Waals surface area contributed by atoms with Gasteiger partial charge < -0.3 is 9.47 Å². The van der Waals surface area contributed by atoms with E-state index in [0.717, 1.165) is 83.1 Å². The van der Waals surface area contributed by atoms with Gasteiger partial charge in [0.25, 0.3) is 10.1 Å². The van der Waals surface area contributed by atoms with E-state index >= 15 is 0 Å². The van der Waals surface area contributed by atoms with Crippen LogP contribution >= 0.6 is 0 Å². The van der Waals surface area contributed by atoms with Gasteiger partial charge in [-0.05, 0) is 50.7 Å². The van der Waals surface area contributed by atoms with Gasteiger partial charge in [-0.2, -0.15) is 8.42 Å². The number of esters is 2. The molecule has 0 fully saturated rings. The second kappa shape index (κ2) is 20.5. The van der Waals surface area contributed by atoms with Crippen LogP contribution in [0.25, 0.3) is 0 Å². The zero-order chi connectivity index (χ0) is 28.1. The molecule has 0 saturated carbocycles. The molecule has 0 aromatic heterocycles. The maximum absolute atomic E-state index is 12.8. The highest BCUT2D eigenvalue weighted by molar-refractivity contribution is 7.86. The fraction of sp³-hybridized carbons (Fsp3) is 0.600. The highest BCUT2D eigenvalue weighted by Crippen LogP contribution is 2.22. The molecule has 0 aliphatic heterocycles. The smallest absolute Gasteiger partial charge is 0.340 e. The highest BCUT2D eigenvalue weighted by atomic mass is 32.2. The van der Waals surface area contributed by atoms with Gasteiger partial charge in [-0.15, -0.1) is 13.2 Å². The molecule has 38 heavy (non-hydrogen) atoms. The summed E-state index contributed by atoms with van der Waals surface area (Å²) in [5, 5.41) is 0. The highest BCUT2D eigenvalue weighted by Gasteiger charge is 2.28. The lowest BCUT2D eigenvalue weighted by Gasteiger charge is -2.13. The average Bonchev–Trinajstić information content (AvgIpc) is 2.89. The maximum atomic E-state index is 12.8. The molecule has 1 rings (SSSR count). The molecule has 0 aliphatic carbocycles. The summed E-state index contributed by atoms with van der Waals surface area (Å²) < 4.78 is 44.0. The van der Waals surface area contributed by atoms with Crippen molar-refractivity contribution in [3.63, 3.8) is 0 Å². The van der Waals surface area contributed by atoms with Crippen molar-refractivity contribution in [1.82, 2.24) is 0 Å². The first-order valence-electron chi connectivity index (χ1n) is 14.0. The van der Waals surface area contributed by atoms with E-state index in [2.05, 4.69) is 13.2 Å². The van der Waals surface area contributed by atoms with Crippen LogP contribution in [0.4, 0.5) is 0 Å². The molecular weight excluding hydrogens is 504 g/mol. The third-order valence-electron chi connectivity index (χ3n) is 6.30. The van der Waals surface area contributed by atoms with E-state index in [1.54, 1.807) is 0 Å². The zero-order valence-electron chi connectivity index (χ0n) is 22.8. The molecule has 0 atom stereocenters. The monoisotopic (exact) mass is 550 g/mol. The Morgan fingerprint density at radius 1 is 0.684 bits per heavy atom. The molecule has 0 bridgehead atoms. The van der Waals surface area contributed by atoms with Gasteiger partial charge in [0.1, 0.15) is 4.90 Å². The number of unbranched alkanes of at least 4 members (excludes halogenated alkanes) is 14. The molecule has 8 heteroatoms.